The minimum atomic E-state index is -5.67. The van der Waals surface area contributed by atoms with Gasteiger partial charge in [0.05, 0.1) is 12.3 Å². The number of nitrogen functional groups attached to an aromatic ring is 1. The van der Waals surface area contributed by atoms with Crippen molar-refractivity contribution in [3.8, 4) is 11.3 Å². The second kappa shape index (κ2) is 17.4. The number of imidazole rings is 1. The molecule has 18 nitrogen and oxygen atoms in total. The van der Waals surface area contributed by atoms with Crippen LogP contribution in [0.2, 0.25) is 0 Å². The lowest BCUT2D eigenvalue weighted by Crippen LogP contribution is -2.43. The second-order valence-corrected chi connectivity index (χ2v) is 16.7. The monoisotopic (exact) mass is 842 g/mol. The maximum Gasteiger partial charge on any atom is 0.412 e. The largest absolute Gasteiger partial charge is 0.778 e. The van der Waals surface area contributed by atoms with Crippen LogP contribution in [0.1, 0.15) is 17.4 Å². The zero-order valence-electron chi connectivity index (χ0n) is 31.1. The Labute approximate surface area is 336 Å². The summed E-state index contributed by atoms with van der Waals surface area (Å²) in [7, 11) is -10.8. The molecule has 2 aromatic heterocycles. The van der Waals surface area contributed by atoms with E-state index in [-0.39, 0.29) is 11.2 Å². The summed E-state index contributed by atoms with van der Waals surface area (Å²) in [4.78, 5) is 71.4. The third-order valence-corrected chi connectivity index (χ3v) is 12.0. The number of phosphoric acid groups is 1. The third kappa shape index (κ3) is 10.3. The smallest absolute Gasteiger partial charge is 0.412 e. The van der Waals surface area contributed by atoms with E-state index in [0.717, 1.165) is 15.7 Å². The van der Waals surface area contributed by atoms with E-state index in [9.17, 15) is 33.3 Å². The molecule has 1 fully saturated rings. The Kier molecular flexibility index (Phi) is 12.1. The Balaban J connectivity index is 1.21. The minimum Gasteiger partial charge on any atom is -0.778 e. The molecule has 59 heavy (non-hydrogen) atoms. The number of para-hydroxylation sites is 2. The van der Waals surface area contributed by atoms with Gasteiger partial charge in [-0.3, -0.25) is 28.5 Å². The molecule has 7 rings (SSSR count). The highest BCUT2D eigenvalue weighted by Crippen LogP contribution is 2.57. The summed E-state index contributed by atoms with van der Waals surface area (Å²) >= 11 is 0. The van der Waals surface area contributed by atoms with Crippen molar-refractivity contribution in [3.63, 3.8) is 0 Å². The van der Waals surface area contributed by atoms with Crippen molar-refractivity contribution in [2.75, 3.05) is 23.0 Å². The number of phosphoric ester groups is 1. The normalized spacial score (nSPS) is 19.6. The summed E-state index contributed by atoms with van der Waals surface area (Å²) < 4.78 is 55.3. The van der Waals surface area contributed by atoms with Crippen molar-refractivity contribution in [1.29, 1.82) is 0 Å². The molecular formula is C39H36N6O12P2-2. The number of aryl methyl sites for hydroxylation is 1. The topological polar surface area (TPSA) is 250 Å². The highest BCUT2D eigenvalue weighted by atomic mass is 31.3. The Bertz CT molecular complexity index is 2590. The van der Waals surface area contributed by atoms with Crippen LogP contribution in [-0.2, 0) is 38.3 Å². The molecule has 4 aromatic carbocycles. The molecule has 3 unspecified atom stereocenters. The molecule has 0 bridgehead atoms. The molecule has 0 aliphatic carbocycles. The van der Waals surface area contributed by atoms with E-state index >= 15 is 0 Å². The van der Waals surface area contributed by atoms with Gasteiger partial charge in [0.15, 0.2) is 18.4 Å². The number of benzene rings is 4. The molecule has 0 radical (unpaired) electrons. The quantitative estimate of drug-likeness (QED) is 0.0968. The molecule has 3 heterocycles. The summed E-state index contributed by atoms with van der Waals surface area (Å²) in [5, 5.41) is 5.07. The van der Waals surface area contributed by atoms with Gasteiger partial charge in [0.2, 0.25) is 0 Å². The number of aromatic nitrogens is 3. The molecule has 6 atom stereocenters. The molecule has 2 amide bonds. The predicted molar refractivity (Wildman–Crippen MR) is 211 cm³/mol. The van der Waals surface area contributed by atoms with Gasteiger partial charge in [-0.2, -0.15) is 0 Å². The predicted octanol–water partition coefficient (Wildman–Crippen LogP) is 5.44. The van der Waals surface area contributed by atoms with Gasteiger partial charge in [0.25, 0.3) is 7.82 Å². The number of carbonyl (C=O) groups excluding carboxylic acids is 2. The average molecular weight is 843 g/mol. The summed E-state index contributed by atoms with van der Waals surface area (Å²) in [5.74, 6) is 0. The maximum absolute atomic E-state index is 14.2. The maximum atomic E-state index is 14.2. The number of carbonyl (C=O) groups is 2. The minimum absolute atomic E-state index is 0.192. The van der Waals surface area contributed by atoms with Crippen molar-refractivity contribution in [2.24, 2.45) is 0 Å². The first-order chi connectivity index (χ1) is 28.2. The summed E-state index contributed by atoms with van der Waals surface area (Å²) in [6, 6.07) is 31.0. The standard InChI is InChI=1S/C39H38N6O12P2/c1-25-12-16-27(17-13-25)31-22-45-33(43-31)20-21-44(39(45)48)36-35(56-38(47)42-30-10-6-3-7-11-30)34(55-37(46)41-29-8-4-2-5-9-29)32(54-36)23-53-59(51,52)57-58(49,50)24-26-14-18-28(40)19-15-26/h2-22,32,34-36H,23-24,40H2,1H3,(H,41,46)(H,42,47)(H,49,50)(H,51,52)/p-2/t32-,34?,35+,36-/m1/s1. The van der Waals surface area contributed by atoms with Crippen LogP contribution in [0, 0.1) is 6.92 Å². The van der Waals surface area contributed by atoms with Gasteiger partial charge in [-0.15, -0.1) is 0 Å². The molecule has 20 heteroatoms. The second-order valence-electron chi connectivity index (χ2n) is 13.3. The van der Waals surface area contributed by atoms with E-state index in [1.807, 2.05) is 31.2 Å². The number of anilines is 3. The van der Waals surface area contributed by atoms with Gasteiger partial charge in [0, 0.05) is 41.2 Å². The van der Waals surface area contributed by atoms with E-state index in [2.05, 4.69) is 19.9 Å². The van der Waals surface area contributed by atoms with Crippen LogP contribution in [-0.4, -0.2) is 51.1 Å². The van der Waals surface area contributed by atoms with E-state index in [0.29, 0.717) is 22.8 Å². The van der Waals surface area contributed by atoms with Crippen molar-refractivity contribution >= 4 is 50.3 Å². The fourth-order valence-electron chi connectivity index (χ4n) is 6.19. The van der Waals surface area contributed by atoms with Gasteiger partial charge < -0.3 is 38.8 Å². The fourth-order valence-corrected chi connectivity index (χ4v) is 8.82. The SMILES string of the molecule is Cc1ccc(-c2cn3c(=O)n([C@@H]4O[C@H](COP(=O)([O-])OP(=O)([O-])Cc5ccc(N)cc5)C(OC(=O)Nc5ccccc5)[C@@H]4OC(=O)Nc4ccccc4)ccc3n2)cc1. The van der Waals surface area contributed by atoms with Gasteiger partial charge >= 0.3 is 17.9 Å². The molecule has 0 spiro atoms. The van der Waals surface area contributed by atoms with Crippen molar-refractivity contribution in [3.05, 3.63) is 149 Å². The lowest BCUT2D eigenvalue weighted by molar-refractivity contribution is -0.234. The van der Waals surface area contributed by atoms with Gasteiger partial charge in [-0.1, -0.05) is 78.4 Å². The molecule has 306 valence electrons. The highest BCUT2D eigenvalue weighted by molar-refractivity contribution is 7.62. The third-order valence-electron chi connectivity index (χ3n) is 8.96. The van der Waals surface area contributed by atoms with Crippen molar-refractivity contribution in [1.82, 2.24) is 14.0 Å². The van der Waals surface area contributed by atoms with Crippen LogP contribution >= 0.6 is 15.4 Å². The van der Waals surface area contributed by atoms with E-state index in [1.165, 1.54) is 47.1 Å². The number of rotatable bonds is 13. The lowest BCUT2D eigenvalue weighted by Gasteiger charge is -2.32. The van der Waals surface area contributed by atoms with Gasteiger partial charge in [-0.05, 0) is 55.0 Å². The zero-order valence-corrected chi connectivity index (χ0v) is 32.8. The summed E-state index contributed by atoms with van der Waals surface area (Å²) in [5.41, 5.74) is 8.62. The number of amides is 2. The molecule has 1 aliphatic heterocycles. The molecular weight excluding hydrogens is 806 g/mol. The van der Waals surface area contributed by atoms with E-state index in [1.54, 1.807) is 60.7 Å². The first kappa shape index (κ1) is 41.1. The number of hydrogen-bond donors (Lipinski definition) is 3. The molecule has 1 saturated heterocycles. The van der Waals surface area contributed by atoms with Crippen LogP contribution in [0.5, 0.6) is 0 Å². The zero-order chi connectivity index (χ0) is 41.7. The number of nitrogens with two attached hydrogens (primary N) is 1. The number of fused-ring (bicyclic) bond motifs is 1. The molecule has 0 saturated carbocycles. The fraction of sp³-hybridized carbons (Fsp3) is 0.179. The average Bonchev–Trinajstić information content (AvgIpc) is 3.77. The number of hydrogen-bond acceptors (Lipinski definition) is 14. The number of nitrogens with one attached hydrogen (secondary N) is 2. The van der Waals surface area contributed by atoms with E-state index < -0.39 is 70.6 Å². The molecule has 6 aromatic rings. The summed E-state index contributed by atoms with van der Waals surface area (Å²) in [6.07, 6.45) is -6.70. The Morgan fingerprint density at radius 2 is 1.42 bits per heavy atom. The number of ether oxygens (including phenoxy) is 3. The molecule has 1 aliphatic rings. The Morgan fingerprint density at radius 3 is 2.03 bits per heavy atom. The van der Waals surface area contributed by atoms with E-state index in [4.69, 9.17) is 24.5 Å². The highest BCUT2D eigenvalue weighted by Gasteiger charge is 2.51. The first-order valence-electron chi connectivity index (χ1n) is 17.9. The number of nitrogens with zero attached hydrogens (tertiary/aromatic N) is 3. The Morgan fingerprint density at radius 1 is 0.831 bits per heavy atom. The van der Waals surface area contributed by atoms with Crippen molar-refractivity contribution in [2.45, 2.75) is 37.6 Å². The lowest BCUT2D eigenvalue weighted by atomic mass is 10.1. The van der Waals surface area contributed by atoms with Crippen LogP contribution in [0.15, 0.2) is 132 Å². The van der Waals surface area contributed by atoms with Crippen LogP contribution < -0.4 is 31.8 Å². The van der Waals surface area contributed by atoms with Crippen LogP contribution in [0.25, 0.3) is 16.9 Å². The van der Waals surface area contributed by atoms with Crippen molar-refractivity contribution < 1.29 is 51.6 Å². The van der Waals surface area contributed by atoms with Crippen LogP contribution in [0.4, 0.5) is 26.7 Å². The Hall–Kier alpha value is -6.10. The van der Waals surface area contributed by atoms with Crippen LogP contribution in [0.3, 0.4) is 0 Å². The molecule has 4 N–H and O–H groups in total. The first-order valence-corrected chi connectivity index (χ1v) is 21.1. The summed E-state index contributed by atoms with van der Waals surface area (Å²) in [6.45, 7) is 0.906. The van der Waals surface area contributed by atoms with Gasteiger partial charge in [-0.25, -0.2) is 19.4 Å². The van der Waals surface area contributed by atoms with Gasteiger partial charge in [0.1, 0.15) is 19.3 Å².